The fourth-order valence-electron chi connectivity index (χ4n) is 1.22. The van der Waals surface area contributed by atoms with Crippen LogP contribution in [0.5, 0.6) is 0 Å². The summed E-state index contributed by atoms with van der Waals surface area (Å²) >= 11 is 2.09. The van der Waals surface area contributed by atoms with E-state index in [1.165, 1.54) is 25.3 Å². The average molecular weight is 173 g/mol. The largest absolute Gasteiger partial charge is 0.316 e. The molecule has 0 aliphatic carbocycles. The molecule has 1 aliphatic heterocycles. The first-order chi connectivity index (χ1) is 5.08. The zero-order chi connectivity index (χ0) is 8.32. The maximum atomic E-state index is 3.40. The summed E-state index contributed by atoms with van der Waals surface area (Å²) in [5.74, 6) is 2.26. The smallest absolute Gasteiger partial charge is 0.00752 e. The third-order valence-electron chi connectivity index (χ3n) is 1.91. The maximum Gasteiger partial charge on any atom is 0.00752 e. The second kappa shape index (κ2) is 3.81. The predicted molar refractivity (Wildman–Crippen MR) is 53.2 cm³/mol. The molecule has 0 radical (unpaired) electrons. The number of nitrogens with one attached hydrogen (secondary N) is 1. The predicted octanol–water partition coefficient (Wildman–Crippen LogP) is 2.13. The Morgan fingerprint density at radius 3 is 2.64 bits per heavy atom. The summed E-state index contributed by atoms with van der Waals surface area (Å²) in [6.45, 7) is 9.35. The average Bonchev–Trinajstić information content (AvgIpc) is 2.32. The van der Waals surface area contributed by atoms with Crippen LogP contribution >= 0.6 is 11.8 Å². The van der Waals surface area contributed by atoms with Crippen molar-refractivity contribution >= 4 is 11.8 Å². The van der Waals surface area contributed by atoms with E-state index in [2.05, 4.69) is 37.8 Å². The van der Waals surface area contributed by atoms with Gasteiger partial charge in [-0.15, -0.1) is 0 Å². The lowest BCUT2D eigenvalue weighted by molar-refractivity contribution is 0.656. The lowest BCUT2D eigenvalue weighted by Crippen LogP contribution is -2.15. The molecule has 1 nitrogen and oxygen atoms in total. The molecule has 0 aromatic carbocycles. The Kier molecular flexibility index (Phi) is 3.26. The fraction of sp³-hybridized carbons (Fsp3) is 1.00. The van der Waals surface area contributed by atoms with Gasteiger partial charge in [-0.05, 0) is 31.2 Å². The zero-order valence-corrected chi connectivity index (χ0v) is 8.63. The molecule has 0 saturated carbocycles. The Morgan fingerprint density at radius 1 is 1.45 bits per heavy atom. The summed E-state index contributed by atoms with van der Waals surface area (Å²) in [6, 6.07) is 0. The van der Waals surface area contributed by atoms with E-state index in [0.717, 1.165) is 5.92 Å². The number of thioether (sulfide) groups is 1. The molecular weight excluding hydrogens is 154 g/mol. The standard InChI is InChI=1S/C9H19NS/c1-9(2,3)11-7-8-4-5-10-6-8/h8,10H,4-7H2,1-3H3. The van der Waals surface area contributed by atoms with E-state index in [-0.39, 0.29) is 0 Å². The summed E-state index contributed by atoms with van der Waals surface area (Å²) in [5.41, 5.74) is 0. The van der Waals surface area contributed by atoms with Crippen molar-refractivity contribution in [3.05, 3.63) is 0 Å². The first-order valence-electron chi connectivity index (χ1n) is 4.42. The van der Waals surface area contributed by atoms with Crippen molar-refractivity contribution in [1.29, 1.82) is 0 Å². The Labute approximate surface area is 74.3 Å². The molecule has 0 bridgehead atoms. The van der Waals surface area contributed by atoms with E-state index in [1.807, 2.05) is 0 Å². The highest BCUT2D eigenvalue weighted by Gasteiger charge is 2.18. The summed E-state index contributed by atoms with van der Waals surface area (Å²) < 4.78 is 0.447. The molecule has 1 atom stereocenters. The molecule has 1 heterocycles. The van der Waals surface area contributed by atoms with Gasteiger partial charge in [0, 0.05) is 4.75 Å². The third-order valence-corrected chi connectivity index (χ3v) is 3.42. The lowest BCUT2D eigenvalue weighted by Gasteiger charge is -2.19. The molecule has 11 heavy (non-hydrogen) atoms. The van der Waals surface area contributed by atoms with Crippen molar-refractivity contribution in [3.8, 4) is 0 Å². The van der Waals surface area contributed by atoms with Gasteiger partial charge in [0.15, 0.2) is 0 Å². The Hall–Kier alpha value is 0.310. The lowest BCUT2D eigenvalue weighted by atomic mass is 10.2. The van der Waals surface area contributed by atoms with E-state index < -0.39 is 0 Å². The summed E-state index contributed by atoms with van der Waals surface area (Å²) in [4.78, 5) is 0. The number of hydrogen-bond donors (Lipinski definition) is 1. The van der Waals surface area contributed by atoms with Gasteiger partial charge in [-0.2, -0.15) is 11.8 Å². The molecule has 0 aromatic heterocycles. The molecule has 1 saturated heterocycles. The molecule has 1 N–H and O–H groups in total. The first-order valence-corrected chi connectivity index (χ1v) is 5.41. The van der Waals surface area contributed by atoms with Gasteiger partial charge in [0.2, 0.25) is 0 Å². The van der Waals surface area contributed by atoms with Gasteiger partial charge in [-0.3, -0.25) is 0 Å². The van der Waals surface area contributed by atoms with Crippen molar-refractivity contribution in [2.24, 2.45) is 5.92 Å². The zero-order valence-electron chi connectivity index (χ0n) is 7.81. The van der Waals surface area contributed by atoms with E-state index in [0.29, 0.717) is 4.75 Å². The van der Waals surface area contributed by atoms with Crippen molar-refractivity contribution in [3.63, 3.8) is 0 Å². The van der Waals surface area contributed by atoms with Crippen molar-refractivity contribution < 1.29 is 0 Å². The maximum absolute atomic E-state index is 3.40. The normalized spacial score (nSPS) is 25.9. The molecule has 0 spiro atoms. The van der Waals surface area contributed by atoms with Crippen LogP contribution in [0, 0.1) is 5.92 Å². The quantitative estimate of drug-likeness (QED) is 0.686. The van der Waals surface area contributed by atoms with Crippen LogP contribution in [0.15, 0.2) is 0 Å². The number of hydrogen-bond acceptors (Lipinski definition) is 2. The van der Waals surface area contributed by atoms with Gasteiger partial charge in [-0.25, -0.2) is 0 Å². The molecule has 1 rings (SSSR count). The van der Waals surface area contributed by atoms with Gasteiger partial charge < -0.3 is 5.32 Å². The summed E-state index contributed by atoms with van der Waals surface area (Å²) in [7, 11) is 0. The molecule has 0 aromatic rings. The first kappa shape index (κ1) is 9.40. The van der Waals surface area contributed by atoms with Crippen LogP contribution in [-0.4, -0.2) is 23.6 Å². The van der Waals surface area contributed by atoms with Crippen LogP contribution in [0.2, 0.25) is 0 Å². The van der Waals surface area contributed by atoms with E-state index in [9.17, 15) is 0 Å². The SMILES string of the molecule is CC(C)(C)SCC1CCNC1. The van der Waals surface area contributed by atoms with Crippen LogP contribution < -0.4 is 5.32 Å². The van der Waals surface area contributed by atoms with Crippen molar-refractivity contribution in [1.82, 2.24) is 5.32 Å². The van der Waals surface area contributed by atoms with Gasteiger partial charge >= 0.3 is 0 Å². The second-order valence-electron chi connectivity index (χ2n) is 4.28. The van der Waals surface area contributed by atoms with E-state index in [1.54, 1.807) is 0 Å². The highest BCUT2D eigenvalue weighted by atomic mass is 32.2. The molecular formula is C9H19NS. The number of rotatable bonds is 2. The van der Waals surface area contributed by atoms with Gasteiger partial charge in [0.05, 0.1) is 0 Å². The molecule has 1 unspecified atom stereocenters. The minimum Gasteiger partial charge on any atom is -0.316 e. The summed E-state index contributed by atoms with van der Waals surface area (Å²) in [5, 5.41) is 3.40. The second-order valence-corrected chi connectivity index (χ2v) is 6.13. The highest BCUT2D eigenvalue weighted by Crippen LogP contribution is 2.27. The Balaban J connectivity index is 2.11. The van der Waals surface area contributed by atoms with E-state index >= 15 is 0 Å². The fourth-order valence-corrected chi connectivity index (χ4v) is 2.24. The minimum absolute atomic E-state index is 0.447. The van der Waals surface area contributed by atoms with Crippen LogP contribution in [-0.2, 0) is 0 Å². The molecule has 2 heteroatoms. The van der Waals surface area contributed by atoms with Crippen LogP contribution in [0.4, 0.5) is 0 Å². The molecule has 1 fully saturated rings. The van der Waals surface area contributed by atoms with E-state index in [4.69, 9.17) is 0 Å². The molecule has 1 aliphatic rings. The topological polar surface area (TPSA) is 12.0 Å². The Morgan fingerprint density at radius 2 is 2.18 bits per heavy atom. The van der Waals surface area contributed by atoms with Crippen molar-refractivity contribution in [2.75, 3.05) is 18.8 Å². The third kappa shape index (κ3) is 4.02. The van der Waals surface area contributed by atoms with Crippen LogP contribution in [0.25, 0.3) is 0 Å². The van der Waals surface area contributed by atoms with Gasteiger partial charge in [0.25, 0.3) is 0 Å². The molecule has 66 valence electrons. The summed E-state index contributed by atoms with van der Waals surface area (Å²) in [6.07, 6.45) is 1.38. The Bertz CT molecular complexity index is 111. The highest BCUT2D eigenvalue weighted by molar-refractivity contribution is 8.00. The van der Waals surface area contributed by atoms with Gasteiger partial charge in [0.1, 0.15) is 0 Å². The molecule has 0 amide bonds. The van der Waals surface area contributed by atoms with Crippen molar-refractivity contribution in [2.45, 2.75) is 31.9 Å². The monoisotopic (exact) mass is 173 g/mol. The van der Waals surface area contributed by atoms with Crippen LogP contribution in [0.3, 0.4) is 0 Å². The van der Waals surface area contributed by atoms with Gasteiger partial charge in [-0.1, -0.05) is 20.8 Å². The minimum atomic E-state index is 0.447. The van der Waals surface area contributed by atoms with Crippen LogP contribution in [0.1, 0.15) is 27.2 Å².